The van der Waals surface area contributed by atoms with Crippen molar-refractivity contribution in [1.29, 1.82) is 0 Å². The maximum absolute atomic E-state index is 12.4. The van der Waals surface area contributed by atoms with Crippen molar-refractivity contribution >= 4 is 22.6 Å². The van der Waals surface area contributed by atoms with Crippen molar-refractivity contribution in [3.8, 4) is 0 Å². The van der Waals surface area contributed by atoms with Crippen LogP contribution in [0.5, 0.6) is 0 Å². The minimum absolute atomic E-state index is 0.185. The molecule has 6 heteroatoms. The molecule has 0 spiro atoms. The second kappa shape index (κ2) is 8.90. The molecule has 0 saturated heterocycles. The molecule has 0 saturated carbocycles. The number of aryl methyl sites for hydroxylation is 1. The summed E-state index contributed by atoms with van der Waals surface area (Å²) in [5, 5.41) is 6.66. The highest BCUT2D eigenvalue weighted by Crippen LogP contribution is 2.19. The van der Waals surface area contributed by atoms with Gasteiger partial charge in [-0.3, -0.25) is 25.1 Å². The van der Waals surface area contributed by atoms with E-state index in [2.05, 4.69) is 29.8 Å². The molecule has 0 radical (unpaired) electrons. The maximum Gasteiger partial charge on any atom is 0.242 e. The molecule has 0 aliphatic rings. The summed E-state index contributed by atoms with van der Waals surface area (Å²) in [6.07, 6.45) is 0.385. The van der Waals surface area contributed by atoms with E-state index in [1.54, 1.807) is 0 Å². The lowest BCUT2D eigenvalue weighted by Crippen LogP contribution is -2.43. The summed E-state index contributed by atoms with van der Waals surface area (Å²) in [5.41, 5.74) is 8.73. The fourth-order valence-electron chi connectivity index (χ4n) is 3.52. The number of hydrogen-bond donors (Lipinski definition) is 2. The van der Waals surface area contributed by atoms with Crippen LogP contribution >= 0.6 is 0 Å². The molecule has 2 amide bonds. The van der Waals surface area contributed by atoms with Crippen molar-refractivity contribution in [2.45, 2.75) is 47.1 Å². The predicted octanol–water partition coefficient (Wildman–Crippen LogP) is 3.24. The Morgan fingerprint density at radius 3 is 2.34 bits per heavy atom. The lowest BCUT2D eigenvalue weighted by molar-refractivity contribution is -0.128. The smallest absolute Gasteiger partial charge is 0.242 e. The Labute approximate surface area is 171 Å². The van der Waals surface area contributed by atoms with Crippen molar-refractivity contribution in [2.75, 3.05) is 0 Å². The predicted molar refractivity (Wildman–Crippen MR) is 114 cm³/mol. The number of benzene rings is 2. The molecule has 3 rings (SSSR count). The van der Waals surface area contributed by atoms with Gasteiger partial charge >= 0.3 is 0 Å². The summed E-state index contributed by atoms with van der Waals surface area (Å²) in [7, 11) is 0. The quantitative estimate of drug-likeness (QED) is 0.633. The SMILES string of the molecule is Cc1nn(CC(C)C)c(C)c1CC(=O)NNC(=O)Cc1cccc2ccccc12. The summed E-state index contributed by atoms with van der Waals surface area (Å²) in [6.45, 7) is 8.97. The van der Waals surface area contributed by atoms with Crippen LogP contribution in [0.1, 0.15) is 36.4 Å². The normalized spacial score (nSPS) is 11.1. The first-order valence-corrected chi connectivity index (χ1v) is 9.92. The van der Waals surface area contributed by atoms with Crippen LogP contribution in [0.25, 0.3) is 10.8 Å². The van der Waals surface area contributed by atoms with Gasteiger partial charge in [0.05, 0.1) is 18.5 Å². The van der Waals surface area contributed by atoms with Gasteiger partial charge in [-0.2, -0.15) is 5.10 Å². The summed E-state index contributed by atoms with van der Waals surface area (Å²) < 4.78 is 1.95. The number of rotatable bonds is 6. The van der Waals surface area contributed by atoms with Gasteiger partial charge in [0.15, 0.2) is 0 Å². The molecule has 2 aromatic carbocycles. The summed E-state index contributed by atoms with van der Waals surface area (Å²) in [6, 6.07) is 13.8. The van der Waals surface area contributed by atoms with Gasteiger partial charge in [0.25, 0.3) is 0 Å². The minimum atomic E-state index is -0.258. The molecule has 3 aromatic rings. The van der Waals surface area contributed by atoms with E-state index >= 15 is 0 Å². The minimum Gasteiger partial charge on any atom is -0.273 e. The first-order chi connectivity index (χ1) is 13.8. The van der Waals surface area contributed by atoms with E-state index in [0.717, 1.165) is 39.8 Å². The average molecular weight is 393 g/mol. The second-order valence-corrected chi connectivity index (χ2v) is 7.81. The molecule has 0 aliphatic carbocycles. The Morgan fingerprint density at radius 1 is 0.966 bits per heavy atom. The van der Waals surface area contributed by atoms with Crippen molar-refractivity contribution in [1.82, 2.24) is 20.6 Å². The third kappa shape index (κ3) is 5.02. The van der Waals surface area contributed by atoms with Crippen molar-refractivity contribution in [2.24, 2.45) is 5.92 Å². The van der Waals surface area contributed by atoms with Crippen LogP contribution in [-0.2, 0) is 29.0 Å². The van der Waals surface area contributed by atoms with Gasteiger partial charge in [-0.15, -0.1) is 0 Å². The molecule has 0 atom stereocenters. The summed E-state index contributed by atoms with van der Waals surface area (Å²) >= 11 is 0. The molecular weight excluding hydrogens is 364 g/mol. The van der Waals surface area contributed by atoms with Crippen LogP contribution in [-0.4, -0.2) is 21.6 Å². The zero-order valence-corrected chi connectivity index (χ0v) is 17.5. The Balaban J connectivity index is 1.58. The standard InChI is InChI=1S/C23H28N4O2/c1-15(2)14-27-17(4)21(16(3)26-27)13-23(29)25-24-22(28)12-19-10-7-9-18-8-5-6-11-20(18)19/h5-11,15H,12-14H2,1-4H3,(H,24,28)(H,25,29). The lowest BCUT2D eigenvalue weighted by Gasteiger charge is -2.10. The first-order valence-electron chi connectivity index (χ1n) is 9.92. The van der Waals surface area contributed by atoms with Gasteiger partial charge in [-0.1, -0.05) is 56.3 Å². The van der Waals surface area contributed by atoms with Gasteiger partial charge in [-0.05, 0) is 36.1 Å². The van der Waals surface area contributed by atoms with Crippen LogP contribution in [0.3, 0.4) is 0 Å². The number of fused-ring (bicyclic) bond motifs is 1. The average Bonchev–Trinajstić information content (AvgIpc) is 2.93. The molecule has 0 bridgehead atoms. The topological polar surface area (TPSA) is 76.0 Å². The largest absolute Gasteiger partial charge is 0.273 e. The van der Waals surface area contributed by atoms with E-state index in [1.807, 2.05) is 61.0 Å². The van der Waals surface area contributed by atoms with Crippen molar-refractivity contribution < 1.29 is 9.59 Å². The van der Waals surface area contributed by atoms with Gasteiger partial charge < -0.3 is 0 Å². The first kappa shape index (κ1) is 20.6. The highest BCUT2D eigenvalue weighted by atomic mass is 16.2. The molecule has 0 fully saturated rings. The molecule has 2 N–H and O–H groups in total. The third-order valence-electron chi connectivity index (χ3n) is 4.98. The van der Waals surface area contributed by atoms with Gasteiger partial charge in [0.2, 0.25) is 11.8 Å². The van der Waals surface area contributed by atoms with Crippen molar-refractivity contribution in [3.05, 3.63) is 65.0 Å². The zero-order valence-electron chi connectivity index (χ0n) is 17.5. The Bertz CT molecular complexity index is 1030. The van der Waals surface area contributed by atoms with Crippen LogP contribution in [0.15, 0.2) is 42.5 Å². The molecule has 6 nitrogen and oxygen atoms in total. The van der Waals surface area contributed by atoms with Crippen LogP contribution in [0, 0.1) is 19.8 Å². The number of aromatic nitrogens is 2. The Kier molecular flexibility index (Phi) is 6.32. The lowest BCUT2D eigenvalue weighted by atomic mass is 10.0. The van der Waals surface area contributed by atoms with E-state index < -0.39 is 0 Å². The van der Waals surface area contributed by atoms with E-state index in [-0.39, 0.29) is 24.7 Å². The van der Waals surface area contributed by atoms with E-state index in [9.17, 15) is 9.59 Å². The number of nitrogens with one attached hydrogen (secondary N) is 2. The monoisotopic (exact) mass is 392 g/mol. The molecule has 1 heterocycles. The molecule has 29 heavy (non-hydrogen) atoms. The molecule has 152 valence electrons. The molecule has 1 aromatic heterocycles. The van der Waals surface area contributed by atoms with E-state index in [1.165, 1.54) is 0 Å². The fourth-order valence-corrected chi connectivity index (χ4v) is 3.52. The fraction of sp³-hybridized carbons (Fsp3) is 0.348. The van der Waals surface area contributed by atoms with Crippen LogP contribution in [0.2, 0.25) is 0 Å². The Hall–Kier alpha value is -3.15. The number of carbonyl (C=O) groups excluding carboxylic acids is 2. The highest BCUT2D eigenvalue weighted by Gasteiger charge is 2.16. The number of carbonyl (C=O) groups is 2. The summed E-state index contributed by atoms with van der Waals surface area (Å²) in [5.74, 6) is -0.0340. The van der Waals surface area contributed by atoms with Gasteiger partial charge in [0, 0.05) is 17.8 Å². The third-order valence-corrected chi connectivity index (χ3v) is 4.98. The number of nitrogens with zero attached hydrogens (tertiary/aromatic N) is 2. The van der Waals surface area contributed by atoms with Crippen LogP contribution in [0.4, 0.5) is 0 Å². The second-order valence-electron chi connectivity index (χ2n) is 7.81. The van der Waals surface area contributed by atoms with Gasteiger partial charge in [0.1, 0.15) is 0 Å². The maximum atomic E-state index is 12.4. The van der Waals surface area contributed by atoms with Crippen LogP contribution < -0.4 is 10.9 Å². The van der Waals surface area contributed by atoms with E-state index in [4.69, 9.17) is 0 Å². The molecule has 0 aliphatic heterocycles. The van der Waals surface area contributed by atoms with Gasteiger partial charge in [-0.25, -0.2) is 0 Å². The number of hydrazine groups is 1. The van der Waals surface area contributed by atoms with Crippen molar-refractivity contribution in [3.63, 3.8) is 0 Å². The molecular formula is C23H28N4O2. The summed E-state index contributed by atoms with van der Waals surface area (Å²) in [4.78, 5) is 24.7. The highest BCUT2D eigenvalue weighted by molar-refractivity contribution is 5.91. The molecule has 0 unspecified atom stereocenters. The number of amides is 2. The zero-order chi connectivity index (χ0) is 21.0. The van der Waals surface area contributed by atoms with E-state index in [0.29, 0.717) is 5.92 Å². The number of hydrogen-bond acceptors (Lipinski definition) is 3. The Morgan fingerprint density at radius 2 is 1.62 bits per heavy atom.